The summed E-state index contributed by atoms with van der Waals surface area (Å²) in [5.74, 6) is -2.23. The summed E-state index contributed by atoms with van der Waals surface area (Å²) >= 11 is 0. The number of carbonyl (C=O) groups is 5. The maximum Gasteiger partial charge on any atom is 0.262 e. The minimum Gasteiger partial charge on any atom is -0.363 e. The molecule has 5 saturated heterocycles. The summed E-state index contributed by atoms with van der Waals surface area (Å²) in [5, 5.41) is 8.53. The number of piperazine rings is 1. The summed E-state index contributed by atoms with van der Waals surface area (Å²) in [4.78, 5) is 85.5. The second kappa shape index (κ2) is 17.6. The Hall–Kier alpha value is -6.91. The monoisotopic (exact) mass is 876 g/mol. The Labute approximate surface area is 375 Å². The molecule has 3 N–H and O–H groups in total. The van der Waals surface area contributed by atoms with Crippen LogP contribution in [-0.4, -0.2) is 110 Å². The Morgan fingerprint density at radius 3 is 2.38 bits per heavy atom. The molecule has 5 aromatic rings. The normalized spacial score (nSPS) is 21.4. The molecule has 0 spiro atoms. The van der Waals surface area contributed by atoms with Gasteiger partial charge in [0.05, 0.1) is 22.5 Å². The maximum absolute atomic E-state index is 15.8. The van der Waals surface area contributed by atoms with Crippen LogP contribution < -0.4 is 20.9 Å². The molecular weight excluding hydrogens is 828 g/mol. The summed E-state index contributed by atoms with van der Waals surface area (Å²) < 4.78 is 15.8. The molecule has 5 amide bonds. The van der Waals surface area contributed by atoms with Crippen LogP contribution in [0.1, 0.15) is 80.7 Å². The molecule has 11 rings (SSSR count). The van der Waals surface area contributed by atoms with Crippen LogP contribution in [0.5, 0.6) is 0 Å². The lowest BCUT2D eigenvalue weighted by Crippen LogP contribution is -2.63. The van der Waals surface area contributed by atoms with Gasteiger partial charge in [0.25, 0.3) is 17.7 Å². The fourth-order valence-electron chi connectivity index (χ4n) is 10.1. The van der Waals surface area contributed by atoms with Crippen molar-refractivity contribution in [1.29, 1.82) is 0 Å². The number of likely N-dealkylation sites (tertiary alicyclic amines) is 1. The molecule has 2 bridgehead atoms. The molecule has 3 aromatic carbocycles. The largest absolute Gasteiger partial charge is 0.363 e. The van der Waals surface area contributed by atoms with E-state index in [0.29, 0.717) is 35.3 Å². The van der Waals surface area contributed by atoms with Crippen LogP contribution in [0.15, 0.2) is 91.4 Å². The molecule has 332 valence electrons. The van der Waals surface area contributed by atoms with E-state index < -0.39 is 35.5 Å². The fraction of sp³-hybridized carbons (Fsp3) is 0.347. The first kappa shape index (κ1) is 42.1. The Bertz CT molecular complexity index is 2690. The molecule has 6 aliphatic heterocycles. The SMILES string of the molecule is Cc1ccc(NC(=O)c2ccc(CN3CCC(CN4CC5CCC4CN5c4cc5c(cc4F)C(=O)N(C4CCC(=O)NC4=O)C5=O)CC3)cc2)cc1Nc1nccc(-c2cccnc2)n1. The quantitative estimate of drug-likeness (QED) is 0.134. The molecule has 0 saturated carbocycles. The van der Waals surface area contributed by atoms with E-state index in [0.717, 1.165) is 97.4 Å². The van der Waals surface area contributed by atoms with E-state index in [2.05, 4.69) is 45.6 Å². The first-order valence-corrected chi connectivity index (χ1v) is 22.3. The summed E-state index contributed by atoms with van der Waals surface area (Å²) in [6, 6.07) is 21.0. The number of benzene rings is 3. The third-order valence-electron chi connectivity index (χ3n) is 13.6. The highest BCUT2D eigenvalue weighted by Crippen LogP contribution is 2.39. The molecule has 6 aliphatic rings. The topological polar surface area (TPSA) is 173 Å². The van der Waals surface area contributed by atoms with E-state index >= 15 is 4.39 Å². The van der Waals surface area contributed by atoms with E-state index in [1.165, 1.54) is 6.07 Å². The molecular formula is C49H49FN10O5. The van der Waals surface area contributed by atoms with Gasteiger partial charge in [-0.1, -0.05) is 18.2 Å². The third kappa shape index (κ3) is 8.58. The smallest absolute Gasteiger partial charge is 0.262 e. The Morgan fingerprint density at radius 2 is 1.65 bits per heavy atom. The van der Waals surface area contributed by atoms with Crippen molar-refractivity contribution in [3.05, 3.63) is 125 Å². The molecule has 5 fully saturated rings. The highest BCUT2D eigenvalue weighted by Gasteiger charge is 2.47. The van der Waals surface area contributed by atoms with Crippen LogP contribution >= 0.6 is 0 Å². The lowest BCUT2D eigenvalue weighted by atomic mass is 9.87. The average Bonchev–Trinajstić information content (AvgIpc) is 3.55. The van der Waals surface area contributed by atoms with Crippen molar-refractivity contribution in [1.82, 2.24) is 35.0 Å². The number of hydrogen-bond acceptors (Lipinski definition) is 12. The van der Waals surface area contributed by atoms with Crippen molar-refractivity contribution >= 4 is 52.5 Å². The summed E-state index contributed by atoms with van der Waals surface area (Å²) in [6.07, 6.45) is 9.32. The zero-order chi connectivity index (χ0) is 44.8. The number of halogens is 1. The van der Waals surface area contributed by atoms with Crippen LogP contribution in [0.25, 0.3) is 11.3 Å². The number of hydrogen-bond donors (Lipinski definition) is 3. The molecule has 3 atom stereocenters. The molecule has 0 aliphatic carbocycles. The van der Waals surface area contributed by atoms with Crippen molar-refractivity contribution in [3.8, 4) is 11.3 Å². The predicted octanol–water partition coefficient (Wildman–Crippen LogP) is 5.95. The minimum atomic E-state index is -1.10. The van der Waals surface area contributed by atoms with Gasteiger partial charge < -0.3 is 15.5 Å². The van der Waals surface area contributed by atoms with Crippen molar-refractivity contribution in [2.75, 3.05) is 48.3 Å². The number of nitrogens with one attached hydrogen (secondary N) is 3. The second-order valence-electron chi connectivity index (χ2n) is 17.8. The average molecular weight is 877 g/mol. The molecule has 65 heavy (non-hydrogen) atoms. The van der Waals surface area contributed by atoms with Crippen LogP contribution in [0.2, 0.25) is 0 Å². The highest BCUT2D eigenvalue weighted by atomic mass is 19.1. The lowest BCUT2D eigenvalue weighted by Gasteiger charge is -2.53. The van der Waals surface area contributed by atoms with Crippen LogP contribution in [-0.2, 0) is 16.1 Å². The maximum atomic E-state index is 15.8. The number of piperidine rings is 4. The number of anilines is 4. The number of fused-ring (bicyclic) bond motifs is 4. The van der Waals surface area contributed by atoms with Gasteiger partial charge >= 0.3 is 0 Å². The predicted molar refractivity (Wildman–Crippen MR) is 241 cm³/mol. The number of carbonyl (C=O) groups excluding carboxylic acids is 5. The number of amides is 5. The Balaban J connectivity index is 0.698. The zero-order valence-electron chi connectivity index (χ0n) is 36.0. The van der Waals surface area contributed by atoms with Gasteiger partial charge in [-0.15, -0.1) is 0 Å². The number of pyridine rings is 1. The van der Waals surface area contributed by atoms with E-state index in [1.807, 2.05) is 67.6 Å². The first-order chi connectivity index (χ1) is 31.5. The summed E-state index contributed by atoms with van der Waals surface area (Å²) in [7, 11) is 0. The lowest BCUT2D eigenvalue weighted by molar-refractivity contribution is -0.136. The van der Waals surface area contributed by atoms with Crippen molar-refractivity contribution in [2.24, 2.45) is 5.92 Å². The van der Waals surface area contributed by atoms with Crippen molar-refractivity contribution in [2.45, 2.75) is 70.1 Å². The number of nitrogens with zero attached hydrogens (tertiary/aromatic N) is 7. The fourth-order valence-corrected chi connectivity index (χ4v) is 10.1. The number of aromatic nitrogens is 3. The standard InChI is InChI=1S/C49H49FN10O5/c1-29-4-9-34(21-41(29)55-49-52-18-14-40(54-49)33-3-2-17-51-24-33)53-45(62)32-7-5-30(6-8-32)25-57-19-15-31(16-20-57)26-58-27-36-11-10-35(58)28-59(36)43-23-38-37(22-39(43)50)47(64)60(48(38)65)42-12-13-44(61)56-46(42)63/h2-9,14,17-18,21-24,31,35-36,42H,10-13,15-16,19-20,25-28H2,1H3,(H,53,62)(H,52,54,55)(H,56,61,63). The van der Waals surface area contributed by atoms with Gasteiger partial charge in [-0.05, 0) is 124 Å². The Morgan fingerprint density at radius 1 is 0.862 bits per heavy atom. The van der Waals surface area contributed by atoms with Gasteiger partial charge in [-0.2, -0.15) is 0 Å². The number of aryl methyl sites for hydroxylation is 1. The Kier molecular flexibility index (Phi) is 11.4. The minimum absolute atomic E-state index is 0.0216. The van der Waals surface area contributed by atoms with Crippen LogP contribution in [0.3, 0.4) is 0 Å². The molecule has 3 unspecified atom stereocenters. The van der Waals surface area contributed by atoms with E-state index in [4.69, 9.17) is 0 Å². The summed E-state index contributed by atoms with van der Waals surface area (Å²) in [5.41, 5.74) is 6.15. The second-order valence-corrected chi connectivity index (χ2v) is 17.8. The van der Waals surface area contributed by atoms with Crippen LogP contribution in [0, 0.1) is 18.7 Å². The van der Waals surface area contributed by atoms with Gasteiger partial charge in [-0.25, -0.2) is 14.4 Å². The van der Waals surface area contributed by atoms with Crippen LogP contribution in [0.4, 0.5) is 27.4 Å². The molecule has 16 heteroatoms. The van der Waals surface area contributed by atoms with Gasteiger partial charge in [0.15, 0.2) is 0 Å². The van der Waals surface area contributed by atoms with Crippen molar-refractivity contribution < 1.29 is 28.4 Å². The highest BCUT2D eigenvalue weighted by molar-refractivity contribution is 6.23. The van der Waals surface area contributed by atoms with E-state index in [1.54, 1.807) is 18.6 Å². The zero-order valence-corrected chi connectivity index (χ0v) is 36.0. The van der Waals surface area contributed by atoms with Gasteiger partial charge in [-0.3, -0.25) is 49.0 Å². The van der Waals surface area contributed by atoms with Gasteiger partial charge in [0.2, 0.25) is 17.8 Å². The number of rotatable bonds is 11. The third-order valence-corrected chi connectivity index (χ3v) is 13.6. The molecule has 8 heterocycles. The summed E-state index contributed by atoms with van der Waals surface area (Å²) in [6.45, 7) is 7.16. The van der Waals surface area contributed by atoms with Crippen molar-refractivity contribution in [3.63, 3.8) is 0 Å². The molecule has 0 radical (unpaired) electrons. The van der Waals surface area contributed by atoms with E-state index in [9.17, 15) is 24.0 Å². The van der Waals surface area contributed by atoms with Gasteiger partial charge in [0, 0.05) is 85.8 Å². The van der Waals surface area contributed by atoms with Gasteiger partial charge in [0.1, 0.15) is 11.9 Å². The molecule has 2 aromatic heterocycles. The van der Waals surface area contributed by atoms with E-state index in [-0.39, 0.29) is 42.0 Å². The number of imide groups is 2. The molecule has 15 nitrogen and oxygen atoms in total. The first-order valence-electron chi connectivity index (χ1n) is 22.3.